The quantitative estimate of drug-likeness (QED) is 0.813. The van der Waals surface area contributed by atoms with E-state index in [0.29, 0.717) is 17.1 Å². The molecule has 3 nitrogen and oxygen atoms in total. The first-order chi connectivity index (χ1) is 7.70. The zero-order valence-electron chi connectivity index (χ0n) is 8.86. The summed E-state index contributed by atoms with van der Waals surface area (Å²) >= 11 is 5.84. The SMILES string of the molecule is N#Cc1cc(Cl)ccc1N1CCC[C@H](O)C1. The first kappa shape index (κ1) is 11.3. The van der Waals surface area contributed by atoms with Gasteiger partial charge < -0.3 is 10.0 Å². The van der Waals surface area contributed by atoms with E-state index >= 15 is 0 Å². The molecule has 0 unspecified atom stereocenters. The van der Waals surface area contributed by atoms with Crippen molar-refractivity contribution in [3.63, 3.8) is 0 Å². The number of hydrogen-bond donors (Lipinski definition) is 1. The molecule has 1 aromatic carbocycles. The van der Waals surface area contributed by atoms with Gasteiger partial charge in [-0.25, -0.2) is 0 Å². The second-order valence-corrected chi connectivity index (χ2v) is 4.45. The minimum Gasteiger partial charge on any atom is -0.391 e. The molecule has 1 aromatic rings. The third-order valence-corrected chi connectivity index (χ3v) is 3.05. The van der Waals surface area contributed by atoms with Gasteiger partial charge in [-0.15, -0.1) is 0 Å². The molecule has 84 valence electrons. The predicted octanol–water partition coefficient (Wildman–Crippen LogP) is 2.17. The fourth-order valence-corrected chi connectivity index (χ4v) is 2.22. The average molecular weight is 237 g/mol. The van der Waals surface area contributed by atoms with Gasteiger partial charge in [0.15, 0.2) is 0 Å². The molecule has 1 saturated heterocycles. The number of halogens is 1. The second-order valence-electron chi connectivity index (χ2n) is 4.02. The number of aliphatic hydroxyl groups excluding tert-OH is 1. The van der Waals surface area contributed by atoms with Crippen molar-refractivity contribution in [2.24, 2.45) is 0 Å². The predicted molar refractivity (Wildman–Crippen MR) is 63.6 cm³/mol. The fraction of sp³-hybridized carbons (Fsp3) is 0.417. The molecule has 0 aliphatic carbocycles. The molecule has 2 rings (SSSR count). The Hall–Kier alpha value is -1.24. The van der Waals surface area contributed by atoms with E-state index in [9.17, 15) is 5.11 Å². The summed E-state index contributed by atoms with van der Waals surface area (Å²) < 4.78 is 0. The summed E-state index contributed by atoms with van der Waals surface area (Å²) in [5.74, 6) is 0. The van der Waals surface area contributed by atoms with Crippen LogP contribution in [-0.4, -0.2) is 24.3 Å². The number of aliphatic hydroxyl groups is 1. The van der Waals surface area contributed by atoms with Gasteiger partial charge in [0.25, 0.3) is 0 Å². The Morgan fingerprint density at radius 3 is 3.00 bits per heavy atom. The minimum atomic E-state index is -0.295. The van der Waals surface area contributed by atoms with E-state index < -0.39 is 0 Å². The van der Waals surface area contributed by atoms with Crippen LogP contribution >= 0.6 is 11.6 Å². The van der Waals surface area contributed by atoms with Gasteiger partial charge in [-0.05, 0) is 31.0 Å². The summed E-state index contributed by atoms with van der Waals surface area (Å²) in [6.07, 6.45) is 1.50. The molecule has 0 saturated carbocycles. The zero-order valence-corrected chi connectivity index (χ0v) is 9.61. The number of β-amino-alcohol motifs (C(OH)–C–C–N with tert-alkyl or cyclic N) is 1. The Labute approximate surface area is 99.9 Å². The van der Waals surface area contributed by atoms with Crippen molar-refractivity contribution in [2.45, 2.75) is 18.9 Å². The van der Waals surface area contributed by atoms with Gasteiger partial charge in [-0.1, -0.05) is 11.6 Å². The van der Waals surface area contributed by atoms with E-state index in [1.807, 2.05) is 11.0 Å². The highest BCUT2D eigenvalue weighted by Crippen LogP contribution is 2.26. The molecule has 0 bridgehead atoms. The first-order valence-electron chi connectivity index (χ1n) is 5.33. The van der Waals surface area contributed by atoms with Crippen molar-refractivity contribution in [2.75, 3.05) is 18.0 Å². The van der Waals surface area contributed by atoms with E-state index in [0.717, 1.165) is 25.1 Å². The Morgan fingerprint density at radius 1 is 1.50 bits per heavy atom. The smallest absolute Gasteiger partial charge is 0.101 e. The number of piperidine rings is 1. The van der Waals surface area contributed by atoms with Crippen LogP contribution in [0.1, 0.15) is 18.4 Å². The maximum absolute atomic E-state index is 9.61. The van der Waals surface area contributed by atoms with Crippen LogP contribution in [0.5, 0.6) is 0 Å². The Balaban J connectivity index is 2.29. The average Bonchev–Trinajstić information content (AvgIpc) is 2.28. The summed E-state index contributed by atoms with van der Waals surface area (Å²) in [7, 11) is 0. The molecule has 0 radical (unpaired) electrons. The summed E-state index contributed by atoms with van der Waals surface area (Å²) in [6.45, 7) is 1.48. The third-order valence-electron chi connectivity index (χ3n) is 2.82. The lowest BCUT2D eigenvalue weighted by Gasteiger charge is -2.32. The lowest BCUT2D eigenvalue weighted by atomic mass is 10.1. The van der Waals surface area contributed by atoms with E-state index in [2.05, 4.69) is 6.07 Å². The molecule has 16 heavy (non-hydrogen) atoms. The van der Waals surface area contributed by atoms with Crippen molar-refractivity contribution < 1.29 is 5.11 Å². The van der Waals surface area contributed by atoms with Crippen LogP contribution in [0.25, 0.3) is 0 Å². The summed E-state index contributed by atoms with van der Waals surface area (Å²) in [5, 5.41) is 19.2. The van der Waals surface area contributed by atoms with Crippen molar-refractivity contribution >= 4 is 17.3 Å². The topological polar surface area (TPSA) is 47.3 Å². The number of hydrogen-bond acceptors (Lipinski definition) is 3. The monoisotopic (exact) mass is 236 g/mol. The van der Waals surface area contributed by atoms with E-state index in [-0.39, 0.29) is 6.10 Å². The Morgan fingerprint density at radius 2 is 2.31 bits per heavy atom. The van der Waals surface area contributed by atoms with Crippen molar-refractivity contribution in [3.8, 4) is 6.07 Å². The minimum absolute atomic E-state index is 0.295. The van der Waals surface area contributed by atoms with E-state index in [1.165, 1.54) is 0 Å². The molecule has 1 aliphatic heterocycles. The summed E-state index contributed by atoms with van der Waals surface area (Å²) in [4.78, 5) is 2.04. The molecule has 0 spiro atoms. The van der Waals surface area contributed by atoms with Crippen LogP contribution in [-0.2, 0) is 0 Å². The molecular weight excluding hydrogens is 224 g/mol. The van der Waals surface area contributed by atoms with Crippen LogP contribution in [0.2, 0.25) is 5.02 Å². The van der Waals surface area contributed by atoms with E-state index in [4.69, 9.17) is 16.9 Å². The third kappa shape index (κ3) is 2.29. The zero-order chi connectivity index (χ0) is 11.5. The normalized spacial score (nSPS) is 20.6. The maximum Gasteiger partial charge on any atom is 0.101 e. The van der Waals surface area contributed by atoms with E-state index in [1.54, 1.807) is 12.1 Å². The maximum atomic E-state index is 9.61. The molecule has 1 N–H and O–H groups in total. The molecule has 1 heterocycles. The van der Waals surface area contributed by atoms with Crippen LogP contribution in [0.4, 0.5) is 5.69 Å². The highest BCUT2D eigenvalue weighted by Gasteiger charge is 2.19. The van der Waals surface area contributed by atoms with Crippen LogP contribution in [0.15, 0.2) is 18.2 Å². The van der Waals surface area contributed by atoms with Gasteiger partial charge in [0.1, 0.15) is 6.07 Å². The standard InChI is InChI=1S/C12H13ClN2O/c13-10-3-4-12(9(6-10)7-14)15-5-1-2-11(16)8-15/h3-4,6,11,16H,1-2,5,8H2/t11-/m0/s1. The van der Waals surface area contributed by atoms with Gasteiger partial charge in [0.05, 0.1) is 17.4 Å². The van der Waals surface area contributed by atoms with Crippen LogP contribution in [0.3, 0.4) is 0 Å². The van der Waals surface area contributed by atoms with Gasteiger partial charge in [-0.2, -0.15) is 5.26 Å². The van der Waals surface area contributed by atoms with Crippen molar-refractivity contribution in [3.05, 3.63) is 28.8 Å². The number of nitrogens with zero attached hydrogens (tertiary/aromatic N) is 2. The molecule has 0 amide bonds. The number of rotatable bonds is 1. The van der Waals surface area contributed by atoms with Crippen LogP contribution in [0, 0.1) is 11.3 Å². The molecular formula is C12H13ClN2O. The van der Waals surface area contributed by atoms with Gasteiger partial charge in [-0.3, -0.25) is 0 Å². The second kappa shape index (κ2) is 4.73. The Kier molecular flexibility index (Phi) is 3.33. The lowest BCUT2D eigenvalue weighted by Crippen LogP contribution is -2.38. The molecule has 1 atom stereocenters. The van der Waals surface area contributed by atoms with Crippen molar-refractivity contribution in [1.29, 1.82) is 5.26 Å². The summed E-state index contributed by atoms with van der Waals surface area (Å²) in [6, 6.07) is 7.43. The highest BCUT2D eigenvalue weighted by atomic mass is 35.5. The van der Waals surface area contributed by atoms with Gasteiger partial charge in [0, 0.05) is 18.1 Å². The van der Waals surface area contributed by atoms with Gasteiger partial charge in [0.2, 0.25) is 0 Å². The number of anilines is 1. The first-order valence-corrected chi connectivity index (χ1v) is 5.71. The highest BCUT2D eigenvalue weighted by molar-refractivity contribution is 6.30. The molecule has 1 fully saturated rings. The summed E-state index contributed by atoms with van der Waals surface area (Å²) in [5.41, 5.74) is 1.44. The van der Waals surface area contributed by atoms with Crippen LogP contribution < -0.4 is 4.90 Å². The number of nitriles is 1. The van der Waals surface area contributed by atoms with Gasteiger partial charge >= 0.3 is 0 Å². The Bertz CT molecular complexity index is 428. The lowest BCUT2D eigenvalue weighted by molar-refractivity contribution is 0.154. The molecule has 0 aromatic heterocycles. The molecule has 4 heteroatoms. The van der Waals surface area contributed by atoms with Crippen molar-refractivity contribution in [1.82, 2.24) is 0 Å². The fourth-order valence-electron chi connectivity index (χ4n) is 2.05. The largest absolute Gasteiger partial charge is 0.391 e. The molecule has 1 aliphatic rings. The number of benzene rings is 1.